The van der Waals surface area contributed by atoms with E-state index in [-0.39, 0.29) is 6.10 Å². The Morgan fingerprint density at radius 2 is 2.12 bits per heavy atom. The van der Waals surface area contributed by atoms with Gasteiger partial charge in [0.1, 0.15) is 6.10 Å². The molecule has 0 amide bonds. The molecule has 1 atom stereocenters. The lowest BCUT2D eigenvalue weighted by molar-refractivity contribution is 0.101. The number of piperidine rings is 1. The molecule has 0 N–H and O–H groups in total. The lowest BCUT2D eigenvalue weighted by atomic mass is 10.1. The molecule has 1 heterocycles. The minimum Gasteiger partial charge on any atom is -0.493 e. The highest BCUT2D eigenvalue weighted by atomic mass is 16.5. The number of nitrogens with zero attached hydrogens (tertiary/aromatic N) is 1. The van der Waals surface area contributed by atoms with Crippen molar-refractivity contribution in [2.24, 2.45) is 0 Å². The van der Waals surface area contributed by atoms with E-state index in [4.69, 9.17) is 9.47 Å². The second-order valence-corrected chi connectivity index (χ2v) is 4.80. The summed E-state index contributed by atoms with van der Waals surface area (Å²) in [7, 11) is 3.83. The maximum Gasteiger partial charge on any atom is 0.161 e. The molecule has 17 heavy (non-hydrogen) atoms. The van der Waals surface area contributed by atoms with Crippen molar-refractivity contribution in [1.82, 2.24) is 4.90 Å². The zero-order valence-electron chi connectivity index (χ0n) is 10.9. The van der Waals surface area contributed by atoms with Gasteiger partial charge in [0.25, 0.3) is 0 Å². The fourth-order valence-electron chi connectivity index (χ4n) is 2.27. The van der Waals surface area contributed by atoms with Crippen LogP contribution in [0.1, 0.15) is 18.4 Å². The molecular weight excluding hydrogens is 214 g/mol. The highest BCUT2D eigenvalue weighted by molar-refractivity contribution is 5.42. The summed E-state index contributed by atoms with van der Waals surface area (Å²) in [6.07, 6.45) is 2.61. The maximum absolute atomic E-state index is 6.04. The molecule has 1 saturated heterocycles. The van der Waals surface area contributed by atoms with Crippen LogP contribution in [-0.2, 0) is 0 Å². The van der Waals surface area contributed by atoms with E-state index in [9.17, 15) is 0 Å². The molecule has 94 valence electrons. The van der Waals surface area contributed by atoms with Gasteiger partial charge in [-0.3, -0.25) is 0 Å². The summed E-state index contributed by atoms with van der Waals surface area (Å²) in [5, 5.41) is 0. The van der Waals surface area contributed by atoms with Crippen LogP contribution in [0, 0.1) is 6.92 Å². The second-order valence-electron chi connectivity index (χ2n) is 4.80. The fraction of sp³-hybridized carbons (Fsp3) is 0.571. The standard InChI is InChI=1S/C14H21NO2/c1-11-6-7-13(14(9-11)16-3)17-12-5-4-8-15(2)10-12/h6-7,9,12H,4-5,8,10H2,1-3H3. The summed E-state index contributed by atoms with van der Waals surface area (Å²) in [5.74, 6) is 1.69. The van der Waals surface area contributed by atoms with Crippen molar-refractivity contribution in [1.29, 1.82) is 0 Å². The Morgan fingerprint density at radius 3 is 2.82 bits per heavy atom. The minimum atomic E-state index is 0.283. The average Bonchev–Trinajstić information content (AvgIpc) is 2.31. The van der Waals surface area contributed by atoms with E-state index in [2.05, 4.69) is 24.9 Å². The molecule has 3 heteroatoms. The van der Waals surface area contributed by atoms with E-state index >= 15 is 0 Å². The molecule has 0 spiro atoms. The van der Waals surface area contributed by atoms with Gasteiger partial charge in [0.05, 0.1) is 7.11 Å². The van der Waals surface area contributed by atoms with Crippen LogP contribution in [-0.4, -0.2) is 38.3 Å². The Bertz CT molecular complexity index is 378. The summed E-state index contributed by atoms with van der Waals surface area (Å²) in [5.41, 5.74) is 1.19. The van der Waals surface area contributed by atoms with Gasteiger partial charge < -0.3 is 14.4 Å². The number of likely N-dealkylation sites (N-methyl/N-ethyl adjacent to an activating group) is 1. The summed E-state index contributed by atoms with van der Waals surface area (Å²) >= 11 is 0. The number of hydrogen-bond acceptors (Lipinski definition) is 3. The molecule has 1 fully saturated rings. The van der Waals surface area contributed by atoms with E-state index in [1.165, 1.54) is 18.5 Å². The maximum atomic E-state index is 6.04. The van der Waals surface area contributed by atoms with Gasteiger partial charge in [0, 0.05) is 6.54 Å². The second kappa shape index (κ2) is 5.41. The van der Waals surface area contributed by atoms with Gasteiger partial charge in [0.2, 0.25) is 0 Å². The smallest absolute Gasteiger partial charge is 0.161 e. The van der Waals surface area contributed by atoms with E-state index in [1.807, 2.05) is 12.1 Å². The van der Waals surface area contributed by atoms with Crippen LogP contribution in [0.3, 0.4) is 0 Å². The summed E-state index contributed by atoms with van der Waals surface area (Å²) in [6, 6.07) is 6.08. The number of likely N-dealkylation sites (tertiary alicyclic amines) is 1. The molecule has 0 saturated carbocycles. The van der Waals surface area contributed by atoms with Crippen LogP contribution < -0.4 is 9.47 Å². The summed E-state index contributed by atoms with van der Waals surface area (Å²) in [4.78, 5) is 2.31. The van der Waals surface area contributed by atoms with Gasteiger partial charge in [-0.25, -0.2) is 0 Å². The quantitative estimate of drug-likeness (QED) is 0.803. The van der Waals surface area contributed by atoms with Crippen LogP contribution >= 0.6 is 0 Å². The van der Waals surface area contributed by atoms with Gasteiger partial charge in [-0.15, -0.1) is 0 Å². The van der Waals surface area contributed by atoms with Crippen molar-refractivity contribution >= 4 is 0 Å². The van der Waals surface area contributed by atoms with Gasteiger partial charge >= 0.3 is 0 Å². The van der Waals surface area contributed by atoms with Crippen LogP contribution in [0.4, 0.5) is 0 Å². The number of rotatable bonds is 3. The summed E-state index contributed by atoms with van der Waals surface area (Å²) in [6.45, 7) is 4.22. The predicted molar refractivity (Wildman–Crippen MR) is 68.9 cm³/mol. The first-order chi connectivity index (χ1) is 8.19. The monoisotopic (exact) mass is 235 g/mol. The third kappa shape index (κ3) is 3.13. The van der Waals surface area contributed by atoms with E-state index in [0.717, 1.165) is 24.5 Å². The predicted octanol–water partition coefficient (Wildman–Crippen LogP) is 2.48. The molecule has 1 unspecified atom stereocenters. The van der Waals surface area contributed by atoms with Crippen LogP contribution in [0.2, 0.25) is 0 Å². The number of ether oxygens (including phenoxy) is 2. The highest BCUT2D eigenvalue weighted by Gasteiger charge is 2.19. The van der Waals surface area contributed by atoms with Gasteiger partial charge in [0.15, 0.2) is 11.5 Å². The topological polar surface area (TPSA) is 21.7 Å². The molecule has 0 aliphatic carbocycles. The molecule has 0 aromatic heterocycles. The summed E-state index contributed by atoms with van der Waals surface area (Å²) < 4.78 is 11.4. The third-order valence-corrected chi connectivity index (χ3v) is 3.19. The van der Waals surface area contributed by atoms with Crippen LogP contribution in [0.5, 0.6) is 11.5 Å². The largest absolute Gasteiger partial charge is 0.493 e. The average molecular weight is 235 g/mol. The Morgan fingerprint density at radius 1 is 1.29 bits per heavy atom. The van der Waals surface area contributed by atoms with Gasteiger partial charge in [-0.1, -0.05) is 6.07 Å². The molecule has 1 aromatic rings. The van der Waals surface area contributed by atoms with Crippen molar-refractivity contribution in [2.45, 2.75) is 25.9 Å². The minimum absolute atomic E-state index is 0.283. The molecule has 1 aliphatic rings. The molecule has 1 aliphatic heterocycles. The molecular formula is C14H21NO2. The first kappa shape index (κ1) is 12.2. The van der Waals surface area contributed by atoms with Crippen LogP contribution in [0.15, 0.2) is 18.2 Å². The van der Waals surface area contributed by atoms with Crippen LogP contribution in [0.25, 0.3) is 0 Å². The number of methoxy groups -OCH3 is 1. The molecule has 3 nitrogen and oxygen atoms in total. The van der Waals surface area contributed by atoms with Gasteiger partial charge in [-0.05, 0) is 51.1 Å². The Labute approximate surface area is 103 Å². The molecule has 0 bridgehead atoms. The van der Waals surface area contributed by atoms with Crippen molar-refractivity contribution in [2.75, 3.05) is 27.2 Å². The number of benzene rings is 1. The Hall–Kier alpha value is -1.22. The normalized spacial score (nSPS) is 21.2. The Kier molecular flexibility index (Phi) is 3.89. The van der Waals surface area contributed by atoms with Crippen molar-refractivity contribution in [3.8, 4) is 11.5 Å². The molecule has 2 rings (SSSR count). The zero-order chi connectivity index (χ0) is 12.3. The number of hydrogen-bond donors (Lipinski definition) is 0. The lowest BCUT2D eigenvalue weighted by Gasteiger charge is -2.30. The van der Waals surface area contributed by atoms with E-state index < -0.39 is 0 Å². The highest BCUT2D eigenvalue weighted by Crippen LogP contribution is 2.29. The first-order valence-corrected chi connectivity index (χ1v) is 6.19. The molecule has 0 radical (unpaired) electrons. The van der Waals surface area contributed by atoms with Gasteiger partial charge in [-0.2, -0.15) is 0 Å². The molecule has 1 aromatic carbocycles. The fourth-order valence-corrected chi connectivity index (χ4v) is 2.27. The van der Waals surface area contributed by atoms with Crippen molar-refractivity contribution in [3.05, 3.63) is 23.8 Å². The van der Waals surface area contributed by atoms with E-state index in [0.29, 0.717) is 0 Å². The Balaban J connectivity index is 2.07. The zero-order valence-corrected chi connectivity index (χ0v) is 10.9. The SMILES string of the molecule is COc1cc(C)ccc1OC1CCCN(C)C1. The van der Waals surface area contributed by atoms with Crippen molar-refractivity contribution < 1.29 is 9.47 Å². The lowest BCUT2D eigenvalue weighted by Crippen LogP contribution is -2.38. The van der Waals surface area contributed by atoms with E-state index in [1.54, 1.807) is 7.11 Å². The van der Waals surface area contributed by atoms with Crippen molar-refractivity contribution in [3.63, 3.8) is 0 Å². The first-order valence-electron chi connectivity index (χ1n) is 6.19. The number of aryl methyl sites for hydroxylation is 1. The third-order valence-electron chi connectivity index (χ3n) is 3.19.